The van der Waals surface area contributed by atoms with E-state index in [1.807, 2.05) is 0 Å². The fourth-order valence-electron chi connectivity index (χ4n) is 0.798. The van der Waals surface area contributed by atoms with Crippen molar-refractivity contribution in [2.45, 2.75) is 6.36 Å². The van der Waals surface area contributed by atoms with Gasteiger partial charge in [-0.05, 0) is 34.1 Å². The maximum Gasteiger partial charge on any atom is 0.573 e. The molecule has 0 bridgehead atoms. The van der Waals surface area contributed by atoms with E-state index < -0.39 is 6.36 Å². The van der Waals surface area contributed by atoms with Crippen LogP contribution in [-0.4, -0.2) is 6.36 Å². The van der Waals surface area contributed by atoms with Crippen molar-refractivity contribution < 1.29 is 17.9 Å². The molecule has 0 unspecified atom stereocenters. The van der Waals surface area contributed by atoms with Gasteiger partial charge in [0.15, 0.2) is 0 Å². The van der Waals surface area contributed by atoms with Gasteiger partial charge in [0.1, 0.15) is 5.75 Å². The number of anilines is 1. The fourth-order valence-corrected chi connectivity index (χ4v) is 1.26. The van der Waals surface area contributed by atoms with Crippen molar-refractivity contribution in [2.24, 2.45) is 5.84 Å². The molecule has 0 amide bonds. The maximum atomic E-state index is 11.8. The highest BCUT2D eigenvalue weighted by molar-refractivity contribution is 9.10. The third-order valence-corrected chi connectivity index (χ3v) is 1.94. The lowest BCUT2D eigenvalue weighted by molar-refractivity contribution is -0.274. The number of nitrogen functional groups attached to an aromatic ring is 1. The smallest absolute Gasteiger partial charge is 0.405 e. The predicted molar refractivity (Wildman–Crippen MR) is 48.6 cm³/mol. The highest BCUT2D eigenvalue weighted by Crippen LogP contribution is 2.32. The van der Waals surface area contributed by atoms with E-state index in [-0.39, 0.29) is 10.2 Å². The second-order valence-corrected chi connectivity index (χ2v) is 3.19. The van der Waals surface area contributed by atoms with Gasteiger partial charge in [-0.25, -0.2) is 0 Å². The van der Waals surface area contributed by atoms with E-state index in [9.17, 15) is 13.2 Å². The van der Waals surface area contributed by atoms with Crippen LogP contribution in [0.1, 0.15) is 0 Å². The molecule has 1 aromatic rings. The summed E-state index contributed by atoms with van der Waals surface area (Å²) in [4.78, 5) is 0. The molecule has 0 fully saturated rings. The molecule has 14 heavy (non-hydrogen) atoms. The zero-order valence-electron chi connectivity index (χ0n) is 6.73. The molecule has 3 N–H and O–H groups in total. The van der Waals surface area contributed by atoms with Gasteiger partial charge in [-0.2, -0.15) is 0 Å². The van der Waals surface area contributed by atoms with E-state index in [4.69, 9.17) is 5.84 Å². The van der Waals surface area contributed by atoms with E-state index in [0.717, 1.165) is 6.07 Å². The first kappa shape index (κ1) is 11.1. The molecule has 0 aromatic heterocycles. The topological polar surface area (TPSA) is 47.3 Å². The Hall–Kier alpha value is -0.950. The minimum absolute atomic E-state index is 0.172. The Morgan fingerprint density at radius 1 is 1.36 bits per heavy atom. The number of hydrazine groups is 1. The monoisotopic (exact) mass is 270 g/mol. The van der Waals surface area contributed by atoms with E-state index in [2.05, 4.69) is 26.1 Å². The number of hydrogen-bond donors (Lipinski definition) is 2. The summed E-state index contributed by atoms with van der Waals surface area (Å²) in [6, 6.07) is 3.90. The first-order valence-corrected chi connectivity index (χ1v) is 4.23. The SMILES string of the molecule is NNc1ccc(OC(F)(F)F)c(Br)c1. The molecule has 3 nitrogen and oxygen atoms in total. The van der Waals surface area contributed by atoms with Crippen molar-refractivity contribution in [1.82, 2.24) is 0 Å². The van der Waals surface area contributed by atoms with Crippen LogP contribution in [0.4, 0.5) is 18.9 Å². The number of benzene rings is 1. The van der Waals surface area contributed by atoms with Gasteiger partial charge in [-0.15, -0.1) is 13.2 Å². The molecule has 0 spiro atoms. The third kappa shape index (κ3) is 3.08. The summed E-state index contributed by atoms with van der Waals surface area (Å²) in [5, 5.41) is 0. The summed E-state index contributed by atoms with van der Waals surface area (Å²) in [5.74, 6) is 4.75. The number of alkyl halides is 3. The number of nitrogens with one attached hydrogen (secondary N) is 1. The maximum absolute atomic E-state index is 11.8. The summed E-state index contributed by atoms with van der Waals surface area (Å²) >= 11 is 2.92. The van der Waals surface area contributed by atoms with Crippen LogP contribution in [0.2, 0.25) is 0 Å². The van der Waals surface area contributed by atoms with Crippen LogP contribution in [0, 0.1) is 0 Å². The second-order valence-electron chi connectivity index (χ2n) is 2.34. The Balaban J connectivity index is 2.89. The molecular weight excluding hydrogens is 265 g/mol. The van der Waals surface area contributed by atoms with Crippen LogP contribution in [0.5, 0.6) is 5.75 Å². The average molecular weight is 271 g/mol. The van der Waals surface area contributed by atoms with Crippen molar-refractivity contribution in [1.29, 1.82) is 0 Å². The van der Waals surface area contributed by atoms with Crippen LogP contribution in [0.25, 0.3) is 0 Å². The molecule has 7 heteroatoms. The Bertz CT molecular complexity index is 329. The van der Waals surface area contributed by atoms with Crippen LogP contribution < -0.4 is 16.0 Å². The molecule has 0 aliphatic rings. The first-order chi connectivity index (χ1) is 6.42. The van der Waals surface area contributed by atoms with Crippen LogP contribution in [0.3, 0.4) is 0 Å². The largest absolute Gasteiger partial charge is 0.573 e. The number of nitrogens with two attached hydrogens (primary N) is 1. The van der Waals surface area contributed by atoms with Gasteiger partial charge in [-0.3, -0.25) is 5.84 Å². The highest BCUT2D eigenvalue weighted by Gasteiger charge is 2.31. The van der Waals surface area contributed by atoms with Crippen LogP contribution in [-0.2, 0) is 0 Å². The molecule has 0 radical (unpaired) electrons. The number of ether oxygens (including phenoxy) is 1. The van der Waals surface area contributed by atoms with Crippen molar-refractivity contribution >= 4 is 21.6 Å². The van der Waals surface area contributed by atoms with Crippen LogP contribution in [0.15, 0.2) is 22.7 Å². The van der Waals surface area contributed by atoms with Crippen molar-refractivity contribution in [3.63, 3.8) is 0 Å². The van der Waals surface area contributed by atoms with Gasteiger partial charge >= 0.3 is 6.36 Å². The van der Waals surface area contributed by atoms with Gasteiger partial charge in [-0.1, -0.05) is 0 Å². The third-order valence-electron chi connectivity index (χ3n) is 1.32. The van der Waals surface area contributed by atoms with Crippen molar-refractivity contribution in [3.05, 3.63) is 22.7 Å². The normalized spacial score (nSPS) is 11.2. The molecule has 0 heterocycles. The summed E-state index contributed by atoms with van der Waals surface area (Å²) in [6.07, 6.45) is -4.69. The zero-order chi connectivity index (χ0) is 10.8. The lowest BCUT2D eigenvalue weighted by Crippen LogP contribution is -2.17. The minimum atomic E-state index is -4.69. The van der Waals surface area contributed by atoms with Gasteiger partial charge in [0.25, 0.3) is 0 Å². The fraction of sp³-hybridized carbons (Fsp3) is 0.143. The summed E-state index contributed by atoms with van der Waals surface area (Å²) < 4.78 is 39.3. The summed E-state index contributed by atoms with van der Waals surface area (Å²) in [7, 11) is 0. The first-order valence-electron chi connectivity index (χ1n) is 3.44. The molecule has 1 rings (SSSR count). The number of rotatable bonds is 2. The van der Waals surface area contributed by atoms with Crippen molar-refractivity contribution in [2.75, 3.05) is 5.43 Å². The van der Waals surface area contributed by atoms with Crippen molar-refractivity contribution in [3.8, 4) is 5.75 Å². The molecule has 0 aliphatic heterocycles. The molecule has 0 aliphatic carbocycles. The Kier molecular flexibility index (Phi) is 3.22. The predicted octanol–water partition coefficient (Wildman–Crippen LogP) is 2.63. The Morgan fingerprint density at radius 2 is 2.00 bits per heavy atom. The van der Waals surface area contributed by atoms with E-state index >= 15 is 0 Å². The Morgan fingerprint density at radius 3 is 2.43 bits per heavy atom. The molecule has 0 atom stereocenters. The number of halogens is 4. The van der Waals surface area contributed by atoms with Gasteiger partial charge in [0.2, 0.25) is 0 Å². The zero-order valence-corrected chi connectivity index (χ0v) is 8.32. The highest BCUT2D eigenvalue weighted by atomic mass is 79.9. The molecule has 0 saturated heterocycles. The van der Waals surface area contributed by atoms with Gasteiger partial charge < -0.3 is 10.2 Å². The Labute approximate surface area is 86.1 Å². The second kappa shape index (κ2) is 4.05. The molecule has 1 aromatic carbocycles. The van der Waals surface area contributed by atoms with Crippen LogP contribution >= 0.6 is 15.9 Å². The summed E-state index contributed by atoms with van der Waals surface area (Å²) in [6.45, 7) is 0. The standard InChI is InChI=1S/C7H6BrF3N2O/c8-5-3-4(13-12)1-2-6(5)14-7(9,10)11/h1-3,13H,12H2. The van der Waals surface area contributed by atoms with Gasteiger partial charge in [0, 0.05) is 5.69 Å². The molecular formula is C7H6BrF3N2O. The lowest BCUT2D eigenvalue weighted by Gasteiger charge is -2.11. The van der Waals surface area contributed by atoms with E-state index in [0.29, 0.717) is 5.69 Å². The quantitative estimate of drug-likeness (QED) is 0.642. The number of hydrogen-bond acceptors (Lipinski definition) is 3. The molecule has 78 valence electrons. The lowest BCUT2D eigenvalue weighted by atomic mass is 10.3. The van der Waals surface area contributed by atoms with Gasteiger partial charge in [0.05, 0.1) is 4.47 Å². The summed E-state index contributed by atoms with van der Waals surface area (Å²) in [5.41, 5.74) is 2.77. The van der Waals surface area contributed by atoms with E-state index in [1.54, 1.807) is 0 Å². The van der Waals surface area contributed by atoms with E-state index in [1.165, 1.54) is 12.1 Å². The average Bonchev–Trinajstić information content (AvgIpc) is 2.06. The molecule has 0 saturated carbocycles. The minimum Gasteiger partial charge on any atom is -0.405 e.